The average Bonchev–Trinajstić information content (AvgIpc) is 2.41. The summed E-state index contributed by atoms with van der Waals surface area (Å²) < 4.78 is 26.0. The molecule has 0 aromatic heterocycles. The Morgan fingerprint density at radius 1 is 1.38 bits per heavy atom. The van der Waals surface area contributed by atoms with E-state index in [0.717, 1.165) is 0 Å². The summed E-state index contributed by atoms with van der Waals surface area (Å²) in [4.78, 5) is 13.4. The first kappa shape index (κ1) is 15.9. The summed E-state index contributed by atoms with van der Waals surface area (Å²) >= 11 is 4.88. The lowest BCUT2D eigenvalue weighted by molar-refractivity contribution is -0.132. The van der Waals surface area contributed by atoms with E-state index in [1.807, 2.05) is 0 Å². The van der Waals surface area contributed by atoms with E-state index in [1.54, 1.807) is 31.3 Å². The number of hydrogen-bond donors (Lipinski definition) is 1. The number of likely N-dealkylation sites (N-methyl/N-ethyl adjacent to an activating group) is 1. The first-order valence-corrected chi connectivity index (χ1v) is 8.42. The second-order valence-corrected chi connectivity index (χ2v) is 7.38. The quantitative estimate of drug-likeness (QED) is 0.782. The number of sulfonamides is 1. The van der Waals surface area contributed by atoms with Crippen LogP contribution in [0.2, 0.25) is 0 Å². The highest BCUT2D eigenvalue weighted by atomic mass is 32.2. The van der Waals surface area contributed by atoms with Crippen molar-refractivity contribution in [3.05, 3.63) is 35.4 Å². The molecule has 0 saturated carbocycles. The number of carbonyl (C=O) groups is 1. The third-order valence-electron chi connectivity index (χ3n) is 3.38. The molecular formula is C13H17N3O3S2. The Hall–Kier alpha value is -1.51. The molecular weight excluding hydrogens is 310 g/mol. The molecule has 8 heteroatoms. The van der Waals surface area contributed by atoms with Gasteiger partial charge >= 0.3 is 0 Å². The number of rotatable bonds is 4. The Labute approximate surface area is 129 Å². The van der Waals surface area contributed by atoms with E-state index in [0.29, 0.717) is 24.2 Å². The Balaban J connectivity index is 2.16. The van der Waals surface area contributed by atoms with Gasteiger partial charge in [-0.2, -0.15) is 4.31 Å². The Bertz CT molecular complexity index is 673. The zero-order valence-electron chi connectivity index (χ0n) is 11.7. The summed E-state index contributed by atoms with van der Waals surface area (Å²) in [5, 5.41) is 0. The summed E-state index contributed by atoms with van der Waals surface area (Å²) in [5.74, 6) is -0.359. The van der Waals surface area contributed by atoms with E-state index in [9.17, 15) is 13.2 Å². The highest BCUT2D eigenvalue weighted by molar-refractivity contribution is 7.88. The van der Waals surface area contributed by atoms with Gasteiger partial charge in [0.2, 0.25) is 15.9 Å². The topological polar surface area (TPSA) is 83.7 Å². The van der Waals surface area contributed by atoms with Gasteiger partial charge in [-0.05, 0) is 11.6 Å². The van der Waals surface area contributed by atoms with Crippen molar-refractivity contribution in [3.8, 4) is 0 Å². The molecule has 1 aliphatic rings. The second kappa shape index (κ2) is 6.08. The number of carbonyl (C=O) groups excluding carboxylic acids is 1. The van der Waals surface area contributed by atoms with Crippen LogP contribution in [-0.4, -0.2) is 55.2 Å². The van der Waals surface area contributed by atoms with Crippen LogP contribution in [-0.2, 0) is 20.6 Å². The summed E-state index contributed by atoms with van der Waals surface area (Å²) in [7, 11) is -1.87. The molecule has 1 aromatic carbocycles. The third-order valence-corrected chi connectivity index (χ3v) is 5.41. The molecule has 1 aliphatic heterocycles. The maximum absolute atomic E-state index is 12.4. The standard InChI is InChI=1S/C13H17N3O3S2/c1-15-5-6-16(8-12(15)17)21(18,19)9-10-3-2-4-11(7-10)13(14)20/h2-4,7H,5-6,8-9H2,1H3,(H2,14,20). The largest absolute Gasteiger partial charge is 0.389 e. The number of thiocarbonyl (C=S) groups is 1. The third kappa shape index (κ3) is 3.78. The molecule has 0 spiro atoms. The highest BCUT2D eigenvalue weighted by Gasteiger charge is 2.30. The van der Waals surface area contributed by atoms with Crippen molar-refractivity contribution in [1.29, 1.82) is 0 Å². The minimum Gasteiger partial charge on any atom is -0.389 e. The molecule has 6 nitrogen and oxygen atoms in total. The molecule has 0 radical (unpaired) electrons. The Morgan fingerprint density at radius 2 is 2.10 bits per heavy atom. The van der Waals surface area contributed by atoms with E-state index >= 15 is 0 Å². The first-order valence-electron chi connectivity index (χ1n) is 6.40. The van der Waals surface area contributed by atoms with E-state index in [1.165, 1.54) is 9.21 Å². The van der Waals surface area contributed by atoms with Crippen LogP contribution in [0.1, 0.15) is 11.1 Å². The van der Waals surface area contributed by atoms with Crippen molar-refractivity contribution >= 4 is 33.1 Å². The average molecular weight is 327 g/mol. The minimum absolute atomic E-state index is 0.103. The number of nitrogens with zero attached hydrogens (tertiary/aromatic N) is 2. The number of nitrogens with two attached hydrogens (primary N) is 1. The summed E-state index contributed by atoms with van der Waals surface area (Å²) in [6.45, 7) is 0.623. The van der Waals surface area contributed by atoms with E-state index < -0.39 is 10.0 Å². The van der Waals surface area contributed by atoms with Gasteiger partial charge in [-0.25, -0.2) is 8.42 Å². The predicted octanol–water partition coefficient (Wildman–Crippen LogP) is -0.0754. The SMILES string of the molecule is CN1CCN(S(=O)(=O)Cc2cccc(C(N)=S)c2)CC1=O. The van der Waals surface area contributed by atoms with E-state index in [2.05, 4.69) is 0 Å². The van der Waals surface area contributed by atoms with Crippen LogP contribution in [0.25, 0.3) is 0 Å². The predicted molar refractivity (Wildman–Crippen MR) is 84.2 cm³/mol. The molecule has 1 heterocycles. The van der Waals surface area contributed by atoms with Crippen molar-refractivity contribution in [3.63, 3.8) is 0 Å². The molecule has 2 N–H and O–H groups in total. The van der Waals surface area contributed by atoms with E-state index in [-0.39, 0.29) is 23.2 Å². The number of piperazine rings is 1. The lowest BCUT2D eigenvalue weighted by Gasteiger charge is -2.31. The van der Waals surface area contributed by atoms with Crippen molar-refractivity contribution in [2.24, 2.45) is 5.73 Å². The normalized spacial score (nSPS) is 17.0. The number of amides is 1. The lowest BCUT2D eigenvalue weighted by Crippen LogP contribution is -2.50. The highest BCUT2D eigenvalue weighted by Crippen LogP contribution is 2.15. The van der Waals surface area contributed by atoms with Crippen LogP contribution < -0.4 is 5.73 Å². The van der Waals surface area contributed by atoms with Crippen molar-refractivity contribution in [1.82, 2.24) is 9.21 Å². The first-order chi connectivity index (χ1) is 9.79. The van der Waals surface area contributed by atoms with Gasteiger partial charge in [-0.3, -0.25) is 4.79 Å². The molecule has 21 heavy (non-hydrogen) atoms. The maximum Gasteiger partial charge on any atom is 0.237 e. The van der Waals surface area contributed by atoms with Gasteiger partial charge in [-0.15, -0.1) is 0 Å². The van der Waals surface area contributed by atoms with Gasteiger partial charge in [0.15, 0.2) is 0 Å². The molecule has 0 unspecified atom stereocenters. The molecule has 1 amide bonds. The second-order valence-electron chi connectivity index (χ2n) is 4.97. The molecule has 1 saturated heterocycles. The molecule has 2 rings (SSSR count). The van der Waals surface area contributed by atoms with Gasteiger partial charge in [0.25, 0.3) is 0 Å². The fourth-order valence-electron chi connectivity index (χ4n) is 2.09. The van der Waals surface area contributed by atoms with Crippen LogP contribution in [0.15, 0.2) is 24.3 Å². The van der Waals surface area contributed by atoms with Crippen molar-refractivity contribution in [2.45, 2.75) is 5.75 Å². The van der Waals surface area contributed by atoms with Gasteiger partial charge in [0.1, 0.15) is 4.99 Å². The van der Waals surface area contributed by atoms with Crippen molar-refractivity contribution in [2.75, 3.05) is 26.7 Å². The summed E-state index contributed by atoms with van der Waals surface area (Å²) in [6, 6.07) is 6.82. The molecule has 1 aromatic rings. The van der Waals surface area contributed by atoms with Gasteiger partial charge in [0, 0.05) is 25.7 Å². The zero-order chi connectivity index (χ0) is 15.6. The molecule has 0 aliphatic carbocycles. The molecule has 1 fully saturated rings. The van der Waals surface area contributed by atoms with Gasteiger partial charge < -0.3 is 10.6 Å². The molecule has 0 atom stereocenters. The van der Waals surface area contributed by atoms with Crippen LogP contribution in [0, 0.1) is 0 Å². The minimum atomic E-state index is -3.53. The van der Waals surface area contributed by atoms with Crippen LogP contribution in [0.4, 0.5) is 0 Å². The van der Waals surface area contributed by atoms with Gasteiger partial charge in [0.05, 0.1) is 12.3 Å². The van der Waals surface area contributed by atoms with Crippen LogP contribution in [0.3, 0.4) is 0 Å². The van der Waals surface area contributed by atoms with E-state index in [4.69, 9.17) is 18.0 Å². The summed E-state index contributed by atoms with van der Waals surface area (Å²) in [6.07, 6.45) is 0. The Kier molecular flexibility index (Phi) is 4.60. The molecule has 114 valence electrons. The zero-order valence-corrected chi connectivity index (χ0v) is 13.3. The lowest BCUT2D eigenvalue weighted by atomic mass is 10.1. The fraction of sp³-hybridized carbons (Fsp3) is 0.385. The molecule has 0 bridgehead atoms. The maximum atomic E-state index is 12.4. The van der Waals surface area contributed by atoms with Gasteiger partial charge in [-0.1, -0.05) is 30.4 Å². The number of hydrogen-bond acceptors (Lipinski definition) is 4. The monoisotopic (exact) mass is 327 g/mol. The smallest absolute Gasteiger partial charge is 0.237 e. The Morgan fingerprint density at radius 3 is 2.71 bits per heavy atom. The fourth-order valence-corrected chi connectivity index (χ4v) is 3.67. The van der Waals surface area contributed by atoms with Crippen LogP contribution in [0.5, 0.6) is 0 Å². The van der Waals surface area contributed by atoms with Crippen LogP contribution >= 0.6 is 12.2 Å². The summed E-state index contributed by atoms with van der Waals surface area (Å²) in [5.41, 5.74) is 6.78. The number of benzene rings is 1. The van der Waals surface area contributed by atoms with Crippen molar-refractivity contribution < 1.29 is 13.2 Å².